The minimum absolute atomic E-state index is 0.0534. The second-order valence-electron chi connectivity index (χ2n) is 12.5. The van der Waals surface area contributed by atoms with E-state index in [0.717, 1.165) is 44.9 Å². The molecule has 0 fully saturated rings. The van der Waals surface area contributed by atoms with Crippen molar-refractivity contribution in [3.8, 4) is 22.3 Å². The van der Waals surface area contributed by atoms with Crippen molar-refractivity contribution in [2.75, 3.05) is 10.6 Å². The molecule has 0 aliphatic carbocycles. The van der Waals surface area contributed by atoms with E-state index in [1.165, 1.54) is 17.5 Å². The van der Waals surface area contributed by atoms with Crippen LogP contribution in [0, 0.1) is 26.6 Å². The molecule has 4 heterocycles. The van der Waals surface area contributed by atoms with Gasteiger partial charge in [0.25, 0.3) is 11.8 Å². The number of carboxylic acid groups (broad SMARTS) is 2. The van der Waals surface area contributed by atoms with Crippen molar-refractivity contribution in [1.82, 2.24) is 9.97 Å². The van der Waals surface area contributed by atoms with Crippen LogP contribution < -0.4 is 10.6 Å². The Hall–Kier alpha value is -6.97. The van der Waals surface area contributed by atoms with Crippen molar-refractivity contribution in [3.63, 3.8) is 0 Å². The van der Waals surface area contributed by atoms with Gasteiger partial charge < -0.3 is 29.7 Å². The van der Waals surface area contributed by atoms with Gasteiger partial charge in [0.2, 0.25) is 0 Å². The highest BCUT2D eigenvalue weighted by atomic mass is 32.1. The lowest BCUT2D eigenvalue weighted by Crippen LogP contribution is -2.14. The minimum Gasteiger partial charge on any atom is -0.478 e. The fourth-order valence-electron chi connectivity index (χ4n) is 5.73. The Labute approximate surface area is 324 Å². The lowest BCUT2D eigenvalue weighted by molar-refractivity contribution is 0.0688. The number of aryl methyl sites for hydroxylation is 3. The van der Waals surface area contributed by atoms with E-state index in [4.69, 9.17) is 8.83 Å². The fraction of sp³-hybridized carbons (Fsp3) is 0.0732. The Kier molecular flexibility index (Phi) is 10.3. The predicted octanol–water partition coefficient (Wildman–Crippen LogP) is 10.1. The van der Waals surface area contributed by atoms with E-state index in [1.54, 1.807) is 66.9 Å². The van der Waals surface area contributed by atoms with Crippen LogP contribution in [0.25, 0.3) is 44.5 Å². The van der Waals surface area contributed by atoms with Crippen LogP contribution >= 0.6 is 22.7 Å². The SMILES string of the molecule is Cc1ccc(-c2csc(NC(=O)c3nc4ccccc4o3)c2C(=O)O)c(F)c1.Cc1ccc(-c2csc(NC(=O)c3nc4ccccc4o3)c2C(=O)O)cc1C. The summed E-state index contributed by atoms with van der Waals surface area (Å²) >= 11 is 2.15. The van der Waals surface area contributed by atoms with E-state index in [2.05, 4.69) is 20.6 Å². The van der Waals surface area contributed by atoms with E-state index in [-0.39, 0.29) is 44.0 Å². The summed E-state index contributed by atoms with van der Waals surface area (Å²) in [6.45, 7) is 5.71. The normalized spacial score (nSPS) is 10.9. The van der Waals surface area contributed by atoms with Gasteiger partial charge in [0.1, 0.15) is 38.0 Å². The van der Waals surface area contributed by atoms with Crippen LogP contribution in [-0.4, -0.2) is 43.9 Å². The Morgan fingerprint density at radius 2 is 1.14 bits per heavy atom. The molecule has 15 heteroatoms. The number of carbonyl (C=O) groups is 4. The summed E-state index contributed by atoms with van der Waals surface area (Å²) in [6.07, 6.45) is 0. The number of hydrogen-bond acceptors (Lipinski definition) is 10. The number of oxazole rings is 2. The number of thiophene rings is 2. The predicted molar refractivity (Wildman–Crippen MR) is 212 cm³/mol. The van der Waals surface area contributed by atoms with Crippen LogP contribution in [0.15, 0.2) is 105 Å². The third kappa shape index (κ3) is 7.53. The molecule has 8 rings (SSSR count). The molecule has 2 amide bonds. The highest BCUT2D eigenvalue weighted by Crippen LogP contribution is 2.38. The number of para-hydroxylation sites is 4. The summed E-state index contributed by atoms with van der Waals surface area (Å²) in [5.74, 6) is -4.49. The number of anilines is 2. The molecule has 4 N–H and O–H groups in total. The van der Waals surface area contributed by atoms with E-state index >= 15 is 0 Å². The lowest BCUT2D eigenvalue weighted by Gasteiger charge is -2.07. The number of halogens is 1. The Morgan fingerprint density at radius 3 is 1.64 bits per heavy atom. The van der Waals surface area contributed by atoms with Crippen LogP contribution in [-0.2, 0) is 0 Å². The summed E-state index contributed by atoms with van der Waals surface area (Å²) in [7, 11) is 0. The first-order chi connectivity index (χ1) is 26.9. The fourth-order valence-corrected chi connectivity index (χ4v) is 7.64. The average Bonchev–Trinajstić information content (AvgIpc) is 3.97. The molecule has 0 unspecified atom stereocenters. The number of benzene rings is 4. The van der Waals surface area contributed by atoms with Gasteiger partial charge >= 0.3 is 23.8 Å². The van der Waals surface area contributed by atoms with Gasteiger partial charge in [0.15, 0.2) is 11.2 Å². The zero-order valence-corrected chi connectivity index (χ0v) is 31.3. The van der Waals surface area contributed by atoms with E-state index in [0.29, 0.717) is 27.8 Å². The number of carboxylic acids is 2. The lowest BCUT2D eigenvalue weighted by atomic mass is 9.99. The monoisotopic (exact) mass is 788 g/mol. The topological polar surface area (TPSA) is 185 Å². The first kappa shape index (κ1) is 37.3. The molecule has 0 bridgehead atoms. The Morgan fingerprint density at radius 1 is 0.625 bits per heavy atom. The molecule has 0 spiro atoms. The number of aromatic nitrogens is 2. The first-order valence-corrected chi connectivity index (χ1v) is 18.5. The highest BCUT2D eigenvalue weighted by molar-refractivity contribution is 7.15. The quantitative estimate of drug-likeness (QED) is 0.115. The standard InChI is InChI=1S/C21H16N2O4S.C20H13FN2O4S/c1-11-7-8-13(9-12(11)2)14-10-28-20(17(14)21(25)26)23-18(24)19-22-15-5-3-4-6-16(15)27-19;1-10-6-7-11(13(21)8-10)12-9-28-19(16(12)20(25)26)23-17(24)18-22-14-4-2-3-5-15(14)27-18/h3-10H,1-2H3,(H,23,24)(H,25,26);2-9H,1H3,(H,23,24)(H,25,26). The first-order valence-electron chi connectivity index (χ1n) is 16.8. The molecule has 0 saturated carbocycles. The Bertz CT molecular complexity index is 2770. The number of carbonyl (C=O) groups excluding carboxylic acids is 2. The maximum absolute atomic E-state index is 14.3. The molecular formula is C41H29FN4O8S2. The van der Waals surface area contributed by atoms with E-state index < -0.39 is 29.6 Å². The van der Waals surface area contributed by atoms with Crippen LogP contribution in [0.4, 0.5) is 14.4 Å². The molecular weight excluding hydrogens is 760 g/mol. The van der Waals surface area contributed by atoms with Crippen LogP contribution in [0.3, 0.4) is 0 Å². The number of amides is 2. The zero-order valence-electron chi connectivity index (χ0n) is 29.7. The number of nitrogens with zero attached hydrogens (tertiary/aromatic N) is 2. The third-order valence-electron chi connectivity index (χ3n) is 8.67. The molecule has 280 valence electrons. The molecule has 8 aromatic rings. The van der Waals surface area contributed by atoms with Crippen molar-refractivity contribution in [1.29, 1.82) is 0 Å². The number of fused-ring (bicyclic) bond motifs is 2. The van der Waals surface area contributed by atoms with Gasteiger partial charge in [-0.15, -0.1) is 22.7 Å². The number of aromatic carboxylic acids is 2. The minimum atomic E-state index is -1.27. The van der Waals surface area contributed by atoms with Crippen molar-refractivity contribution in [2.45, 2.75) is 20.8 Å². The molecule has 0 atom stereocenters. The molecule has 0 radical (unpaired) electrons. The summed E-state index contributed by atoms with van der Waals surface area (Å²) in [5, 5.41) is 28.1. The van der Waals surface area contributed by atoms with Gasteiger partial charge in [0, 0.05) is 27.5 Å². The molecule has 56 heavy (non-hydrogen) atoms. The van der Waals surface area contributed by atoms with Crippen molar-refractivity contribution < 1.29 is 42.6 Å². The number of hydrogen-bond donors (Lipinski definition) is 4. The molecule has 0 aliphatic rings. The van der Waals surface area contributed by atoms with Gasteiger partial charge in [-0.25, -0.2) is 23.9 Å². The summed E-state index contributed by atoms with van der Waals surface area (Å²) in [4.78, 5) is 57.0. The van der Waals surface area contributed by atoms with Crippen molar-refractivity contribution >= 4 is 78.6 Å². The van der Waals surface area contributed by atoms with Crippen molar-refractivity contribution in [2.24, 2.45) is 0 Å². The van der Waals surface area contributed by atoms with E-state index in [1.807, 2.05) is 32.0 Å². The second-order valence-corrected chi connectivity index (χ2v) is 14.2. The average molecular weight is 789 g/mol. The maximum Gasteiger partial charge on any atom is 0.339 e. The molecule has 0 saturated heterocycles. The third-order valence-corrected chi connectivity index (χ3v) is 10.5. The van der Waals surface area contributed by atoms with Gasteiger partial charge in [-0.2, -0.15) is 0 Å². The summed E-state index contributed by atoms with van der Waals surface area (Å²) < 4.78 is 25.2. The van der Waals surface area contributed by atoms with Gasteiger partial charge in [-0.05, 0) is 73.4 Å². The maximum atomic E-state index is 14.3. The van der Waals surface area contributed by atoms with E-state index in [9.17, 15) is 33.8 Å². The van der Waals surface area contributed by atoms with Gasteiger partial charge in [-0.3, -0.25) is 9.59 Å². The number of nitrogens with one attached hydrogen (secondary N) is 2. The largest absolute Gasteiger partial charge is 0.478 e. The van der Waals surface area contributed by atoms with Crippen LogP contribution in [0.2, 0.25) is 0 Å². The number of rotatable bonds is 8. The Balaban J connectivity index is 0.000000172. The smallest absolute Gasteiger partial charge is 0.339 e. The summed E-state index contributed by atoms with van der Waals surface area (Å²) in [5.41, 5.74) is 6.50. The van der Waals surface area contributed by atoms with Crippen LogP contribution in [0.1, 0.15) is 58.8 Å². The van der Waals surface area contributed by atoms with Crippen molar-refractivity contribution in [3.05, 3.63) is 141 Å². The van der Waals surface area contributed by atoms with Gasteiger partial charge in [-0.1, -0.05) is 54.6 Å². The second kappa shape index (κ2) is 15.4. The molecule has 4 aromatic carbocycles. The zero-order chi connectivity index (χ0) is 39.7. The molecule has 0 aliphatic heterocycles. The van der Waals surface area contributed by atoms with Crippen LogP contribution in [0.5, 0.6) is 0 Å². The molecule has 4 aromatic heterocycles. The molecule has 12 nitrogen and oxygen atoms in total. The van der Waals surface area contributed by atoms with Gasteiger partial charge in [0.05, 0.1) is 0 Å². The summed E-state index contributed by atoms with van der Waals surface area (Å²) in [6, 6.07) is 24.2. The highest BCUT2D eigenvalue weighted by Gasteiger charge is 2.26.